The predicted octanol–water partition coefficient (Wildman–Crippen LogP) is 6.26. The Bertz CT molecular complexity index is 1370. The van der Waals surface area contributed by atoms with Crippen molar-refractivity contribution in [2.45, 2.75) is 18.2 Å². The van der Waals surface area contributed by atoms with Crippen LogP contribution in [0.3, 0.4) is 0 Å². The van der Waals surface area contributed by atoms with E-state index in [2.05, 4.69) is 95.2 Å². The van der Waals surface area contributed by atoms with E-state index in [4.69, 9.17) is 0 Å². The van der Waals surface area contributed by atoms with Crippen molar-refractivity contribution in [3.63, 3.8) is 0 Å². The summed E-state index contributed by atoms with van der Waals surface area (Å²) < 4.78 is 0. The Labute approximate surface area is 223 Å². The number of hydrogen-bond acceptors (Lipinski definition) is 4. The van der Waals surface area contributed by atoms with Gasteiger partial charge in [-0.05, 0) is 58.5 Å². The summed E-state index contributed by atoms with van der Waals surface area (Å²) in [5, 5.41) is 11.7. The van der Waals surface area contributed by atoms with Gasteiger partial charge in [0.2, 0.25) is 5.91 Å². The van der Waals surface area contributed by atoms with Gasteiger partial charge in [-0.1, -0.05) is 61.5 Å². The second kappa shape index (κ2) is 13.1. The van der Waals surface area contributed by atoms with Gasteiger partial charge in [0.15, 0.2) is 0 Å². The van der Waals surface area contributed by atoms with Gasteiger partial charge in [-0.3, -0.25) is 9.89 Å². The molecule has 37 heavy (non-hydrogen) atoms. The molecule has 0 saturated carbocycles. The van der Waals surface area contributed by atoms with Crippen LogP contribution < -0.4 is 5.32 Å². The molecule has 0 atom stereocenters. The number of allylic oxidation sites excluding steroid dienone is 1. The van der Waals surface area contributed by atoms with Gasteiger partial charge in [-0.15, -0.1) is 11.8 Å². The van der Waals surface area contributed by atoms with Crippen LogP contribution in [-0.2, 0) is 4.79 Å². The van der Waals surface area contributed by atoms with Crippen molar-refractivity contribution >= 4 is 39.7 Å². The van der Waals surface area contributed by atoms with E-state index < -0.39 is 0 Å². The number of nitrogens with zero attached hydrogens (tertiary/aromatic N) is 2. The van der Waals surface area contributed by atoms with Gasteiger partial charge in [-0.25, -0.2) is 0 Å². The maximum Gasteiger partial charge on any atom is 0.245 e. The van der Waals surface area contributed by atoms with Crippen LogP contribution in [0.4, 0.5) is 0 Å². The molecule has 0 unspecified atom stereocenters. The number of H-pyrrole nitrogens is 1. The van der Waals surface area contributed by atoms with Crippen LogP contribution in [0.15, 0.2) is 96.0 Å². The van der Waals surface area contributed by atoms with Crippen LogP contribution in [0.25, 0.3) is 22.0 Å². The molecule has 0 spiro atoms. The van der Waals surface area contributed by atoms with E-state index in [0.717, 1.165) is 29.6 Å². The van der Waals surface area contributed by atoms with Crippen molar-refractivity contribution in [3.05, 3.63) is 108 Å². The smallest absolute Gasteiger partial charge is 0.245 e. The lowest BCUT2D eigenvalue weighted by molar-refractivity contribution is -0.123. The molecule has 0 fully saturated rings. The molecule has 1 heterocycles. The molecule has 0 bridgehead atoms. The van der Waals surface area contributed by atoms with E-state index >= 15 is 0 Å². The number of hydrogen-bond donors (Lipinski definition) is 2. The molecule has 0 aliphatic rings. The van der Waals surface area contributed by atoms with E-state index in [0.29, 0.717) is 6.54 Å². The maximum atomic E-state index is 11.6. The molecular formula is C31H34N4OS. The van der Waals surface area contributed by atoms with Gasteiger partial charge in [0.05, 0.1) is 11.7 Å². The standard InChI is InChI=1S/C31H34N4OS/c1-4-28(23-9-6-5-7-10-23)31(25-14-17-29-26(21-25)22-33-34-29)24-12-15-27(16-13-24)37-20-19-32-18-8-11-30(36)35(2)3/h5-17,21-22,32H,4,18-20H2,1-3H3,(H,33,34). The van der Waals surface area contributed by atoms with Crippen molar-refractivity contribution in [3.8, 4) is 0 Å². The van der Waals surface area contributed by atoms with Gasteiger partial charge in [-0.2, -0.15) is 5.10 Å². The fourth-order valence-corrected chi connectivity index (χ4v) is 5.04. The van der Waals surface area contributed by atoms with Gasteiger partial charge in [0.1, 0.15) is 0 Å². The first-order valence-electron chi connectivity index (χ1n) is 12.6. The third-order valence-corrected chi connectivity index (χ3v) is 7.17. The number of aromatic nitrogens is 2. The number of aromatic amines is 1. The zero-order valence-electron chi connectivity index (χ0n) is 21.7. The number of amides is 1. The molecule has 3 aromatic carbocycles. The number of carbonyl (C=O) groups excluding carboxylic acids is 1. The highest BCUT2D eigenvalue weighted by Gasteiger charge is 2.14. The first kappa shape index (κ1) is 26.5. The Balaban J connectivity index is 1.50. The Hall–Kier alpha value is -3.61. The normalized spacial score (nSPS) is 12.2. The minimum Gasteiger partial charge on any atom is -0.345 e. The number of benzene rings is 3. The quantitative estimate of drug-likeness (QED) is 0.108. The lowest BCUT2D eigenvalue weighted by atomic mass is 9.88. The summed E-state index contributed by atoms with van der Waals surface area (Å²) in [6, 6.07) is 26.1. The molecule has 190 valence electrons. The number of rotatable bonds is 11. The number of fused-ring (bicyclic) bond motifs is 1. The molecule has 5 nitrogen and oxygen atoms in total. The number of carbonyl (C=O) groups is 1. The summed E-state index contributed by atoms with van der Waals surface area (Å²) in [5.74, 6) is 0.965. The average Bonchev–Trinajstić information content (AvgIpc) is 3.40. The molecule has 4 rings (SSSR count). The molecule has 6 heteroatoms. The van der Waals surface area contributed by atoms with E-state index in [1.165, 1.54) is 32.7 Å². The first-order valence-corrected chi connectivity index (χ1v) is 13.6. The molecule has 2 N–H and O–H groups in total. The van der Waals surface area contributed by atoms with E-state index in [9.17, 15) is 4.79 Å². The highest BCUT2D eigenvalue weighted by Crippen LogP contribution is 2.36. The predicted molar refractivity (Wildman–Crippen MR) is 157 cm³/mol. The molecule has 0 saturated heterocycles. The van der Waals surface area contributed by atoms with Gasteiger partial charge in [0.25, 0.3) is 0 Å². The van der Waals surface area contributed by atoms with Crippen molar-refractivity contribution in [2.75, 3.05) is 32.9 Å². The van der Waals surface area contributed by atoms with Crippen LogP contribution in [0, 0.1) is 0 Å². The van der Waals surface area contributed by atoms with Gasteiger partial charge < -0.3 is 10.2 Å². The number of likely N-dealkylation sites (N-methyl/N-ethyl adjacent to an activating group) is 1. The second-order valence-corrected chi connectivity index (χ2v) is 10.1. The minimum atomic E-state index is 0.00728. The Kier molecular flexibility index (Phi) is 9.35. The van der Waals surface area contributed by atoms with Gasteiger partial charge in [0, 0.05) is 49.3 Å². The lowest BCUT2D eigenvalue weighted by Crippen LogP contribution is -2.20. The molecule has 0 radical (unpaired) electrons. The van der Waals surface area contributed by atoms with Crippen LogP contribution >= 0.6 is 11.8 Å². The minimum absolute atomic E-state index is 0.00728. The highest BCUT2D eigenvalue weighted by atomic mass is 32.2. The topological polar surface area (TPSA) is 61.0 Å². The molecule has 0 aliphatic carbocycles. The molecular weight excluding hydrogens is 476 g/mol. The summed E-state index contributed by atoms with van der Waals surface area (Å²) in [6.07, 6.45) is 6.29. The summed E-state index contributed by atoms with van der Waals surface area (Å²) in [6.45, 7) is 3.78. The largest absolute Gasteiger partial charge is 0.345 e. The maximum absolute atomic E-state index is 11.6. The average molecular weight is 511 g/mol. The lowest BCUT2D eigenvalue weighted by Gasteiger charge is -2.17. The van der Waals surface area contributed by atoms with Crippen LogP contribution in [-0.4, -0.2) is 53.9 Å². The van der Waals surface area contributed by atoms with E-state index in [1.807, 2.05) is 24.0 Å². The summed E-state index contributed by atoms with van der Waals surface area (Å²) in [7, 11) is 3.51. The Morgan fingerprint density at radius 3 is 2.49 bits per heavy atom. The highest BCUT2D eigenvalue weighted by molar-refractivity contribution is 7.99. The van der Waals surface area contributed by atoms with E-state index in [1.54, 1.807) is 25.1 Å². The third-order valence-electron chi connectivity index (χ3n) is 6.16. The van der Waals surface area contributed by atoms with Crippen molar-refractivity contribution in [1.82, 2.24) is 20.4 Å². The molecule has 1 amide bonds. The van der Waals surface area contributed by atoms with Crippen molar-refractivity contribution < 1.29 is 4.79 Å². The first-order chi connectivity index (χ1) is 18.1. The van der Waals surface area contributed by atoms with Crippen LogP contribution in [0.1, 0.15) is 30.0 Å². The van der Waals surface area contributed by atoms with Crippen molar-refractivity contribution in [2.24, 2.45) is 0 Å². The van der Waals surface area contributed by atoms with Gasteiger partial charge >= 0.3 is 0 Å². The summed E-state index contributed by atoms with van der Waals surface area (Å²) in [5.41, 5.74) is 7.28. The second-order valence-electron chi connectivity index (χ2n) is 8.96. The monoisotopic (exact) mass is 510 g/mol. The summed E-state index contributed by atoms with van der Waals surface area (Å²) >= 11 is 1.83. The van der Waals surface area contributed by atoms with Crippen LogP contribution in [0.5, 0.6) is 0 Å². The molecule has 1 aromatic heterocycles. The fraction of sp³-hybridized carbons (Fsp3) is 0.226. The van der Waals surface area contributed by atoms with E-state index in [-0.39, 0.29) is 5.91 Å². The number of nitrogens with one attached hydrogen (secondary N) is 2. The van der Waals surface area contributed by atoms with Crippen molar-refractivity contribution in [1.29, 1.82) is 0 Å². The Morgan fingerprint density at radius 2 is 1.76 bits per heavy atom. The summed E-state index contributed by atoms with van der Waals surface area (Å²) in [4.78, 5) is 14.4. The number of thioether (sulfide) groups is 1. The zero-order chi connectivity index (χ0) is 26.0. The molecule has 4 aromatic rings. The fourth-order valence-electron chi connectivity index (χ4n) is 4.23. The van der Waals surface area contributed by atoms with Crippen LogP contribution in [0.2, 0.25) is 0 Å². The Morgan fingerprint density at radius 1 is 1.00 bits per heavy atom. The SMILES string of the molecule is CCC(=C(c1ccc(SCCNCC=CC(=O)N(C)C)cc1)c1ccc2[nH]ncc2c1)c1ccccc1. The third kappa shape index (κ3) is 7.00. The molecule has 0 aliphatic heterocycles. The zero-order valence-corrected chi connectivity index (χ0v) is 22.5.